The Hall–Kier alpha value is -1.91. The maximum Gasteiger partial charge on any atom is 0.253 e. The number of carbonyl (C=O) groups excluding carboxylic acids is 1. The van der Waals surface area contributed by atoms with Gasteiger partial charge in [0, 0.05) is 12.1 Å². The maximum absolute atomic E-state index is 12.5. The van der Waals surface area contributed by atoms with Crippen LogP contribution in [-0.2, 0) is 0 Å². The smallest absolute Gasteiger partial charge is 0.253 e. The zero-order valence-electron chi connectivity index (χ0n) is 13.1. The Morgan fingerprint density at radius 1 is 1.24 bits per heavy atom. The van der Waals surface area contributed by atoms with Crippen LogP contribution in [0.15, 0.2) is 12.1 Å². The molecule has 5 heteroatoms. The summed E-state index contributed by atoms with van der Waals surface area (Å²) in [5.41, 5.74) is 6.76. The molecule has 3 unspecified atom stereocenters. The van der Waals surface area contributed by atoms with E-state index in [-0.39, 0.29) is 11.9 Å². The van der Waals surface area contributed by atoms with E-state index in [2.05, 4.69) is 19.2 Å². The lowest BCUT2D eigenvalue weighted by Gasteiger charge is -2.20. The summed E-state index contributed by atoms with van der Waals surface area (Å²) < 4.78 is 10.4. The molecule has 3 atom stereocenters. The number of nitrogen functional groups attached to an aromatic ring is 1. The Morgan fingerprint density at radius 3 is 2.48 bits per heavy atom. The number of hydrogen-bond donors (Lipinski definition) is 2. The van der Waals surface area contributed by atoms with Crippen molar-refractivity contribution >= 4 is 11.6 Å². The first-order valence-electron chi connectivity index (χ1n) is 7.30. The van der Waals surface area contributed by atoms with Crippen molar-refractivity contribution in [2.45, 2.75) is 32.7 Å². The first-order valence-corrected chi connectivity index (χ1v) is 7.30. The summed E-state index contributed by atoms with van der Waals surface area (Å²) in [4.78, 5) is 12.5. The van der Waals surface area contributed by atoms with Gasteiger partial charge in [0.15, 0.2) is 0 Å². The summed E-state index contributed by atoms with van der Waals surface area (Å²) >= 11 is 0. The van der Waals surface area contributed by atoms with Gasteiger partial charge in [-0.1, -0.05) is 13.8 Å². The molecule has 1 fully saturated rings. The minimum atomic E-state index is -0.171. The number of rotatable bonds is 4. The van der Waals surface area contributed by atoms with Crippen LogP contribution < -0.4 is 20.5 Å². The average Bonchev–Trinajstić information content (AvgIpc) is 2.79. The SMILES string of the molecule is COc1cc(OC)c(N)c(C(=O)NC2CCC(C)C2C)c1. The van der Waals surface area contributed by atoms with Crippen LogP contribution in [-0.4, -0.2) is 26.2 Å². The van der Waals surface area contributed by atoms with E-state index < -0.39 is 0 Å². The van der Waals surface area contributed by atoms with Crippen molar-refractivity contribution in [1.82, 2.24) is 5.32 Å². The predicted octanol–water partition coefficient (Wildman–Crippen LogP) is 2.45. The van der Waals surface area contributed by atoms with E-state index in [1.165, 1.54) is 7.11 Å². The van der Waals surface area contributed by atoms with Crippen LogP contribution in [0, 0.1) is 11.8 Å². The number of ether oxygens (including phenoxy) is 2. The van der Waals surface area contributed by atoms with Crippen molar-refractivity contribution in [2.75, 3.05) is 20.0 Å². The van der Waals surface area contributed by atoms with E-state index in [4.69, 9.17) is 15.2 Å². The summed E-state index contributed by atoms with van der Waals surface area (Å²) in [5.74, 6) is 1.94. The third kappa shape index (κ3) is 3.06. The highest BCUT2D eigenvalue weighted by atomic mass is 16.5. The summed E-state index contributed by atoms with van der Waals surface area (Å²) in [5, 5.41) is 3.09. The van der Waals surface area contributed by atoms with Crippen molar-refractivity contribution < 1.29 is 14.3 Å². The molecule has 0 aromatic heterocycles. The monoisotopic (exact) mass is 292 g/mol. The molecule has 0 bridgehead atoms. The van der Waals surface area contributed by atoms with Crippen molar-refractivity contribution in [2.24, 2.45) is 11.8 Å². The largest absolute Gasteiger partial charge is 0.497 e. The molecule has 2 rings (SSSR count). The molecule has 1 amide bonds. The van der Waals surface area contributed by atoms with E-state index in [9.17, 15) is 4.79 Å². The number of amides is 1. The molecule has 21 heavy (non-hydrogen) atoms. The van der Waals surface area contributed by atoms with Gasteiger partial charge in [-0.15, -0.1) is 0 Å². The molecule has 0 radical (unpaired) electrons. The molecule has 0 spiro atoms. The third-order valence-corrected chi connectivity index (χ3v) is 4.60. The summed E-state index contributed by atoms with van der Waals surface area (Å²) in [6, 6.07) is 3.52. The fourth-order valence-corrected chi connectivity index (χ4v) is 2.89. The molecule has 1 aromatic rings. The molecule has 1 aromatic carbocycles. The highest BCUT2D eigenvalue weighted by molar-refractivity contribution is 6.01. The van der Waals surface area contributed by atoms with Crippen LogP contribution in [0.25, 0.3) is 0 Å². The highest BCUT2D eigenvalue weighted by Crippen LogP contribution is 2.33. The summed E-state index contributed by atoms with van der Waals surface area (Å²) in [7, 11) is 3.07. The van der Waals surface area contributed by atoms with Gasteiger partial charge in [-0.25, -0.2) is 0 Å². The van der Waals surface area contributed by atoms with Crippen LogP contribution in [0.1, 0.15) is 37.0 Å². The number of carbonyl (C=O) groups is 1. The van der Waals surface area contributed by atoms with Crippen molar-refractivity contribution in [3.05, 3.63) is 17.7 Å². The third-order valence-electron chi connectivity index (χ3n) is 4.60. The Balaban J connectivity index is 2.22. The second-order valence-corrected chi connectivity index (χ2v) is 5.78. The average molecular weight is 292 g/mol. The van der Waals surface area contributed by atoms with Crippen LogP contribution in [0.5, 0.6) is 11.5 Å². The molecule has 0 aliphatic heterocycles. The highest BCUT2D eigenvalue weighted by Gasteiger charge is 2.31. The number of methoxy groups -OCH3 is 2. The zero-order valence-corrected chi connectivity index (χ0v) is 13.1. The Bertz CT molecular complexity index is 530. The Labute approximate surface area is 125 Å². The summed E-state index contributed by atoms with van der Waals surface area (Å²) in [6.07, 6.45) is 2.15. The molecule has 1 aliphatic carbocycles. The van der Waals surface area contributed by atoms with Gasteiger partial charge in [-0.2, -0.15) is 0 Å². The zero-order chi connectivity index (χ0) is 15.6. The molecular weight excluding hydrogens is 268 g/mol. The number of benzene rings is 1. The molecule has 5 nitrogen and oxygen atoms in total. The molecule has 3 N–H and O–H groups in total. The second kappa shape index (κ2) is 6.24. The van der Waals surface area contributed by atoms with Crippen molar-refractivity contribution in [3.8, 4) is 11.5 Å². The second-order valence-electron chi connectivity index (χ2n) is 5.78. The van der Waals surface area contributed by atoms with Gasteiger partial charge in [-0.05, 0) is 30.7 Å². The van der Waals surface area contributed by atoms with E-state index >= 15 is 0 Å². The van der Waals surface area contributed by atoms with Gasteiger partial charge in [0.25, 0.3) is 5.91 Å². The minimum Gasteiger partial charge on any atom is -0.497 e. The lowest BCUT2D eigenvalue weighted by molar-refractivity contribution is 0.0927. The Morgan fingerprint density at radius 2 is 1.95 bits per heavy atom. The molecule has 1 aliphatic rings. The lowest BCUT2D eigenvalue weighted by Crippen LogP contribution is -2.37. The van der Waals surface area contributed by atoms with Gasteiger partial charge >= 0.3 is 0 Å². The maximum atomic E-state index is 12.5. The van der Waals surface area contributed by atoms with Gasteiger partial charge in [-0.3, -0.25) is 4.79 Å². The normalized spacial score (nSPS) is 24.7. The van der Waals surface area contributed by atoms with Crippen LogP contribution in [0.4, 0.5) is 5.69 Å². The molecular formula is C16H24N2O3. The van der Waals surface area contributed by atoms with Crippen molar-refractivity contribution in [3.63, 3.8) is 0 Å². The first-order chi connectivity index (χ1) is 9.97. The molecule has 1 saturated carbocycles. The van der Waals surface area contributed by atoms with E-state index in [0.717, 1.165) is 12.8 Å². The minimum absolute atomic E-state index is 0.171. The Kier molecular flexibility index (Phi) is 4.60. The van der Waals surface area contributed by atoms with E-state index in [1.54, 1.807) is 19.2 Å². The fraction of sp³-hybridized carbons (Fsp3) is 0.562. The van der Waals surface area contributed by atoms with Gasteiger partial charge in [0.2, 0.25) is 0 Å². The van der Waals surface area contributed by atoms with Gasteiger partial charge in [0.05, 0.1) is 25.5 Å². The van der Waals surface area contributed by atoms with Gasteiger partial charge < -0.3 is 20.5 Å². The number of nitrogens with two attached hydrogens (primary N) is 1. The number of hydrogen-bond acceptors (Lipinski definition) is 4. The molecule has 0 saturated heterocycles. The van der Waals surface area contributed by atoms with Crippen molar-refractivity contribution in [1.29, 1.82) is 0 Å². The predicted molar refractivity (Wildman–Crippen MR) is 82.8 cm³/mol. The molecule has 116 valence electrons. The van der Waals surface area contributed by atoms with Crippen LogP contribution in [0.3, 0.4) is 0 Å². The quantitative estimate of drug-likeness (QED) is 0.836. The fourth-order valence-electron chi connectivity index (χ4n) is 2.89. The summed E-state index contributed by atoms with van der Waals surface area (Å²) in [6.45, 7) is 4.40. The first kappa shape index (κ1) is 15.5. The van der Waals surface area contributed by atoms with Crippen LogP contribution >= 0.6 is 0 Å². The standard InChI is InChI=1S/C16H24N2O3/c1-9-5-6-13(10(9)2)18-16(19)12-7-11(20-3)8-14(21-4)15(12)17/h7-10,13H,5-6,17H2,1-4H3,(H,18,19). The number of nitrogens with one attached hydrogen (secondary N) is 1. The van der Waals surface area contributed by atoms with Gasteiger partial charge in [0.1, 0.15) is 11.5 Å². The lowest BCUT2D eigenvalue weighted by atomic mass is 9.97. The van der Waals surface area contributed by atoms with E-state index in [1.807, 2.05) is 0 Å². The molecule has 0 heterocycles. The van der Waals surface area contributed by atoms with E-state index in [0.29, 0.717) is 34.6 Å². The van der Waals surface area contributed by atoms with Crippen LogP contribution in [0.2, 0.25) is 0 Å². The topological polar surface area (TPSA) is 73.6 Å². The number of anilines is 1.